The minimum Gasteiger partial charge on any atom is -0.465 e. The van der Waals surface area contributed by atoms with Crippen LogP contribution in [0, 0.1) is 5.82 Å². The average Bonchev–Trinajstić information content (AvgIpc) is 3.08. The van der Waals surface area contributed by atoms with Gasteiger partial charge in [-0.25, -0.2) is 17.6 Å². The Hall–Kier alpha value is -2.77. The number of piperazine rings is 1. The van der Waals surface area contributed by atoms with Gasteiger partial charge in [0.05, 0.1) is 5.75 Å². The van der Waals surface area contributed by atoms with Crippen LogP contribution in [0.3, 0.4) is 0 Å². The Morgan fingerprint density at radius 2 is 1.93 bits per heavy atom. The number of anilines is 1. The van der Waals surface area contributed by atoms with E-state index in [9.17, 15) is 23.1 Å². The second kappa shape index (κ2) is 12.8. The van der Waals surface area contributed by atoms with Crippen LogP contribution in [0.25, 0.3) is 0 Å². The Bertz CT molecular complexity index is 1400. The lowest BCUT2D eigenvalue weighted by Gasteiger charge is -2.43. The summed E-state index contributed by atoms with van der Waals surface area (Å²) in [4.78, 5) is 25.8. The molecule has 0 radical (unpaired) electrons. The molecule has 3 fully saturated rings. The van der Waals surface area contributed by atoms with Crippen molar-refractivity contribution in [3.05, 3.63) is 64.4 Å². The second-order valence-corrected chi connectivity index (χ2v) is 13.7. The largest absolute Gasteiger partial charge is 0.465 e. The molecule has 2 aromatic rings. The van der Waals surface area contributed by atoms with E-state index in [1.54, 1.807) is 34.6 Å². The van der Waals surface area contributed by atoms with Crippen molar-refractivity contribution in [1.29, 1.82) is 0 Å². The predicted molar refractivity (Wildman–Crippen MR) is 157 cm³/mol. The first-order valence-corrected chi connectivity index (χ1v) is 16.2. The molecule has 4 atom stereocenters. The van der Waals surface area contributed by atoms with Crippen LogP contribution in [-0.2, 0) is 31.4 Å². The zero-order valence-electron chi connectivity index (χ0n) is 23.2. The van der Waals surface area contributed by atoms with Gasteiger partial charge in [-0.2, -0.15) is 4.31 Å². The highest BCUT2D eigenvalue weighted by Gasteiger charge is 2.47. The van der Waals surface area contributed by atoms with Crippen molar-refractivity contribution in [1.82, 2.24) is 14.9 Å². The van der Waals surface area contributed by atoms with Gasteiger partial charge in [-0.05, 0) is 68.4 Å². The number of carbonyl (C=O) groups excluding carboxylic acids is 1. The summed E-state index contributed by atoms with van der Waals surface area (Å²) in [6.45, 7) is 1.52. The van der Waals surface area contributed by atoms with Crippen LogP contribution in [0.15, 0.2) is 42.5 Å². The first-order chi connectivity index (χ1) is 20.1. The molecular weight excluding hydrogens is 587 g/mol. The number of halogens is 2. The summed E-state index contributed by atoms with van der Waals surface area (Å²) in [6, 6.07) is 9.86. The number of carbonyl (C=O) groups is 2. The normalized spacial score (nSPS) is 25.5. The SMILES string of the molecule is O=C(O)NC(C(=O)Nc1cccc(F)c1CC[C@H]1CNC2CCCS(=O)(=O)N1C2)C1(c2ccc(Cl)cc2)CCOCC1. The van der Waals surface area contributed by atoms with Crippen molar-refractivity contribution < 1.29 is 32.2 Å². The Balaban J connectivity index is 1.40. The Kier molecular flexibility index (Phi) is 9.38. The lowest BCUT2D eigenvalue weighted by molar-refractivity contribution is -0.121. The molecule has 3 aliphatic heterocycles. The van der Waals surface area contributed by atoms with Crippen molar-refractivity contribution in [3.8, 4) is 0 Å². The number of hydrogen-bond donors (Lipinski definition) is 4. The van der Waals surface area contributed by atoms with E-state index in [0.717, 1.165) is 12.0 Å². The molecule has 3 unspecified atom stereocenters. The molecule has 3 saturated heterocycles. The molecule has 0 aliphatic carbocycles. The van der Waals surface area contributed by atoms with Crippen LogP contribution >= 0.6 is 11.6 Å². The fraction of sp³-hybridized carbons (Fsp3) is 0.517. The highest BCUT2D eigenvalue weighted by molar-refractivity contribution is 7.89. The molecule has 2 amide bonds. The van der Waals surface area contributed by atoms with Gasteiger partial charge in [0.25, 0.3) is 0 Å². The van der Waals surface area contributed by atoms with Gasteiger partial charge < -0.3 is 25.8 Å². The van der Waals surface area contributed by atoms with E-state index in [0.29, 0.717) is 57.0 Å². The number of hydrogen-bond acceptors (Lipinski definition) is 6. The summed E-state index contributed by atoms with van der Waals surface area (Å²) in [7, 11) is -3.41. The first kappa shape index (κ1) is 30.7. The monoisotopic (exact) mass is 622 g/mol. The smallest absolute Gasteiger partial charge is 0.405 e. The molecule has 0 aromatic heterocycles. The van der Waals surface area contributed by atoms with Gasteiger partial charge in [-0.15, -0.1) is 0 Å². The van der Waals surface area contributed by atoms with Gasteiger partial charge in [0.2, 0.25) is 15.9 Å². The molecule has 10 nitrogen and oxygen atoms in total. The van der Waals surface area contributed by atoms with Crippen LogP contribution in [0.5, 0.6) is 0 Å². The van der Waals surface area contributed by atoms with Crippen molar-refractivity contribution in [2.75, 3.05) is 37.4 Å². The molecule has 228 valence electrons. The van der Waals surface area contributed by atoms with E-state index in [1.807, 2.05) is 0 Å². The Morgan fingerprint density at radius 1 is 1.19 bits per heavy atom. The van der Waals surface area contributed by atoms with Gasteiger partial charge >= 0.3 is 6.09 Å². The molecule has 3 aliphatic rings. The third-order valence-corrected chi connectivity index (χ3v) is 11.0. The van der Waals surface area contributed by atoms with Crippen molar-refractivity contribution in [2.24, 2.45) is 0 Å². The number of benzene rings is 2. The van der Waals surface area contributed by atoms with Crippen LogP contribution in [0.4, 0.5) is 14.9 Å². The van der Waals surface area contributed by atoms with Gasteiger partial charge in [-0.3, -0.25) is 4.79 Å². The van der Waals surface area contributed by atoms with Crippen LogP contribution in [-0.4, -0.2) is 80.0 Å². The zero-order valence-corrected chi connectivity index (χ0v) is 24.7. The van der Waals surface area contributed by atoms with E-state index in [-0.39, 0.29) is 35.5 Å². The summed E-state index contributed by atoms with van der Waals surface area (Å²) in [6.07, 6.45) is 1.32. The Labute approximate surface area is 250 Å². The van der Waals surface area contributed by atoms with Gasteiger partial charge in [-0.1, -0.05) is 29.8 Å². The maximum atomic E-state index is 15.2. The fourth-order valence-electron chi connectivity index (χ4n) is 6.53. The van der Waals surface area contributed by atoms with Crippen molar-refractivity contribution in [3.63, 3.8) is 0 Å². The molecule has 2 bridgehead atoms. The maximum Gasteiger partial charge on any atom is 0.405 e. The Morgan fingerprint density at radius 3 is 2.64 bits per heavy atom. The highest BCUT2D eigenvalue weighted by atomic mass is 35.5. The fourth-order valence-corrected chi connectivity index (χ4v) is 8.46. The number of fused-ring (bicyclic) bond motifs is 2. The van der Waals surface area contributed by atoms with Crippen LogP contribution in [0.2, 0.25) is 5.02 Å². The molecule has 4 N–H and O–H groups in total. The third-order valence-electron chi connectivity index (χ3n) is 8.75. The lowest BCUT2D eigenvalue weighted by Crippen LogP contribution is -2.58. The third kappa shape index (κ3) is 6.57. The van der Waals surface area contributed by atoms with E-state index >= 15 is 4.39 Å². The molecule has 3 heterocycles. The first-order valence-electron chi connectivity index (χ1n) is 14.2. The molecule has 2 aromatic carbocycles. The minimum absolute atomic E-state index is 0.0983. The number of amides is 2. The van der Waals surface area contributed by atoms with Crippen molar-refractivity contribution in [2.45, 2.75) is 62.1 Å². The maximum absolute atomic E-state index is 15.2. The van der Waals surface area contributed by atoms with Crippen molar-refractivity contribution >= 4 is 39.3 Å². The molecule has 13 heteroatoms. The number of ether oxygens (including phenoxy) is 1. The number of nitrogens with one attached hydrogen (secondary N) is 3. The van der Waals surface area contributed by atoms with E-state index in [4.69, 9.17) is 16.3 Å². The second-order valence-electron chi connectivity index (χ2n) is 11.2. The molecular formula is C29H36ClFN4O6S. The molecule has 0 spiro atoms. The van der Waals surface area contributed by atoms with Gasteiger partial charge in [0, 0.05) is 60.1 Å². The zero-order chi connectivity index (χ0) is 29.9. The van der Waals surface area contributed by atoms with E-state index < -0.39 is 39.3 Å². The van der Waals surface area contributed by atoms with Crippen LogP contribution in [0.1, 0.15) is 43.2 Å². The van der Waals surface area contributed by atoms with E-state index in [1.165, 1.54) is 12.1 Å². The summed E-state index contributed by atoms with van der Waals surface area (Å²) in [5.74, 6) is -1.06. The lowest BCUT2D eigenvalue weighted by atomic mass is 9.68. The minimum atomic E-state index is -3.41. The summed E-state index contributed by atoms with van der Waals surface area (Å²) < 4.78 is 48.1. The number of sulfonamides is 1. The molecule has 5 rings (SSSR count). The molecule has 0 saturated carbocycles. The summed E-state index contributed by atoms with van der Waals surface area (Å²) in [5.41, 5.74) is 0.271. The number of carboxylic acid groups (broad SMARTS) is 1. The number of rotatable bonds is 8. The molecule has 42 heavy (non-hydrogen) atoms. The van der Waals surface area contributed by atoms with Crippen LogP contribution < -0.4 is 16.0 Å². The van der Waals surface area contributed by atoms with E-state index in [2.05, 4.69) is 16.0 Å². The standard InChI is InChI=1S/C29H36ClFN4O6S/c30-20-8-6-19(7-9-20)29(12-14-41-15-13-29)26(34-28(37)38)27(36)33-25-5-1-4-24(31)23(25)11-10-22-17-32-21-3-2-16-42(39,40)35(22)18-21/h1,4-9,21-22,26,32,34H,2-3,10-18H2,(H,33,36)(H,37,38)/t21?,22-,26?/m0/s1. The number of nitrogens with zero attached hydrogens (tertiary/aromatic N) is 1. The average molecular weight is 623 g/mol. The quantitative estimate of drug-likeness (QED) is 0.354. The van der Waals surface area contributed by atoms with Gasteiger partial charge in [0.15, 0.2) is 0 Å². The summed E-state index contributed by atoms with van der Waals surface area (Å²) in [5, 5.41) is 18.9. The van der Waals surface area contributed by atoms with Gasteiger partial charge in [0.1, 0.15) is 11.9 Å². The summed E-state index contributed by atoms with van der Waals surface area (Å²) >= 11 is 6.11. The topological polar surface area (TPSA) is 137 Å². The highest BCUT2D eigenvalue weighted by Crippen LogP contribution is 2.39. The predicted octanol–water partition coefficient (Wildman–Crippen LogP) is 3.50.